The fraction of sp³-hybridized carbons (Fsp3) is 0.667. The van der Waals surface area contributed by atoms with E-state index in [-0.39, 0.29) is 29.8 Å². The molecular formula is C12H18N2O4S. The molecule has 3 atom stereocenters. The van der Waals surface area contributed by atoms with Crippen LogP contribution in [-0.4, -0.2) is 36.3 Å². The van der Waals surface area contributed by atoms with Gasteiger partial charge in [0.25, 0.3) is 0 Å². The zero-order valence-electron chi connectivity index (χ0n) is 10.7. The minimum absolute atomic E-state index is 0.0146. The number of aliphatic hydroxyl groups excluding tert-OH is 1. The van der Waals surface area contributed by atoms with Crippen LogP contribution in [0.25, 0.3) is 0 Å². The van der Waals surface area contributed by atoms with Crippen LogP contribution < -0.4 is 4.72 Å². The van der Waals surface area contributed by atoms with Crippen molar-refractivity contribution in [1.82, 2.24) is 9.29 Å². The molecule has 6 nitrogen and oxygen atoms in total. The van der Waals surface area contributed by atoms with Crippen molar-refractivity contribution in [2.45, 2.75) is 49.0 Å². The van der Waals surface area contributed by atoms with Crippen LogP contribution in [0.3, 0.4) is 0 Å². The van der Waals surface area contributed by atoms with E-state index in [0.717, 1.165) is 19.3 Å². The molecule has 0 amide bonds. The zero-order valence-corrected chi connectivity index (χ0v) is 11.6. The topological polar surface area (TPSA) is 80.6 Å². The molecule has 2 fully saturated rings. The molecule has 0 radical (unpaired) electrons. The zero-order chi connectivity index (χ0) is 13.6. The molecule has 0 aliphatic carbocycles. The third-order valence-corrected chi connectivity index (χ3v) is 5.42. The molecular weight excluding hydrogens is 268 g/mol. The van der Waals surface area contributed by atoms with E-state index in [2.05, 4.69) is 4.72 Å². The number of hydrogen-bond donors (Lipinski definition) is 2. The van der Waals surface area contributed by atoms with Gasteiger partial charge in [0.15, 0.2) is 0 Å². The molecule has 106 valence electrons. The van der Waals surface area contributed by atoms with Crippen molar-refractivity contribution in [3.63, 3.8) is 0 Å². The molecule has 3 heterocycles. The number of aromatic nitrogens is 1. The van der Waals surface area contributed by atoms with E-state index in [1.165, 1.54) is 12.3 Å². The molecule has 3 unspecified atom stereocenters. The largest absolute Gasteiger partial charge is 0.390 e. The summed E-state index contributed by atoms with van der Waals surface area (Å²) < 4.78 is 34.5. The highest BCUT2D eigenvalue weighted by Crippen LogP contribution is 2.35. The summed E-state index contributed by atoms with van der Waals surface area (Å²) in [7, 11) is -1.83. The monoisotopic (exact) mass is 286 g/mol. The van der Waals surface area contributed by atoms with Crippen molar-refractivity contribution in [2.24, 2.45) is 7.05 Å². The standard InChI is InChI=1S/C12H18N2O4S/c1-14-6-10(4-8(14)7-15)19(16,17)13-11-5-9-2-3-12(11)18-9/h4,6,9,11-13,15H,2-3,5,7H2,1H3. The van der Waals surface area contributed by atoms with Crippen LogP contribution in [0.15, 0.2) is 17.2 Å². The predicted molar refractivity (Wildman–Crippen MR) is 68.0 cm³/mol. The van der Waals surface area contributed by atoms with Gasteiger partial charge in [0.1, 0.15) is 0 Å². The maximum atomic E-state index is 12.3. The van der Waals surface area contributed by atoms with E-state index < -0.39 is 10.0 Å². The van der Waals surface area contributed by atoms with Crippen LogP contribution in [0.2, 0.25) is 0 Å². The lowest BCUT2D eigenvalue weighted by molar-refractivity contribution is 0.0996. The Kier molecular flexibility index (Phi) is 3.17. The number of nitrogens with zero attached hydrogens (tertiary/aromatic N) is 1. The molecule has 0 saturated carbocycles. The second-order valence-electron chi connectivity index (χ2n) is 5.27. The van der Waals surface area contributed by atoms with Crippen LogP contribution in [0.4, 0.5) is 0 Å². The van der Waals surface area contributed by atoms with Crippen LogP contribution in [0, 0.1) is 0 Å². The quantitative estimate of drug-likeness (QED) is 0.823. The molecule has 2 aliphatic rings. The predicted octanol–water partition coefficient (Wildman–Crippen LogP) is 0.116. The lowest BCUT2D eigenvalue weighted by Crippen LogP contribution is -2.41. The molecule has 19 heavy (non-hydrogen) atoms. The molecule has 3 rings (SSSR count). The smallest absolute Gasteiger partial charge is 0.242 e. The average Bonchev–Trinajstić information content (AvgIpc) is 3.02. The van der Waals surface area contributed by atoms with Crippen LogP contribution in [0.5, 0.6) is 0 Å². The fourth-order valence-electron chi connectivity index (χ4n) is 2.91. The summed E-state index contributed by atoms with van der Waals surface area (Å²) in [5.74, 6) is 0. The first kappa shape index (κ1) is 13.1. The van der Waals surface area contributed by atoms with Gasteiger partial charge in [-0.2, -0.15) is 0 Å². The third kappa shape index (κ3) is 2.31. The van der Waals surface area contributed by atoms with E-state index in [1.807, 2.05) is 0 Å². The molecule has 2 bridgehead atoms. The molecule has 0 spiro atoms. The van der Waals surface area contributed by atoms with Crippen molar-refractivity contribution >= 4 is 10.0 Å². The number of hydrogen-bond acceptors (Lipinski definition) is 4. The van der Waals surface area contributed by atoms with Gasteiger partial charge in [-0.05, 0) is 25.3 Å². The Labute approximate surface area is 112 Å². The summed E-state index contributed by atoms with van der Waals surface area (Å²) in [6.07, 6.45) is 4.45. The van der Waals surface area contributed by atoms with Gasteiger partial charge in [0.2, 0.25) is 10.0 Å². The summed E-state index contributed by atoms with van der Waals surface area (Å²) in [4.78, 5) is 0.196. The second kappa shape index (κ2) is 4.59. The number of fused-ring (bicyclic) bond motifs is 2. The maximum absolute atomic E-state index is 12.3. The van der Waals surface area contributed by atoms with Gasteiger partial charge in [-0.1, -0.05) is 0 Å². The van der Waals surface area contributed by atoms with Gasteiger partial charge in [0.05, 0.1) is 29.8 Å². The van der Waals surface area contributed by atoms with Gasteiger partial charge in [-0.25, -0.2) is 13.1 Å². The van der Waals surface area contributed by atoms with Gasteiger partial charge < -0.3 is 14.4 Å². The lowest BCUT2D eigenvalue weighted by atomic mass is 9.96. The van der Waals surface area contributed by atoms with Crippen LogP contribution in [-0.2, 0) is 28.4 Å². The van der Waals surface area contributed by atoms with Gasteiger partial charge in [0, 0.05) is 18.9 Å². The minimum atomic E-state index is -3.54. The normalized spacial score (nSPS) is 30.1. The molecule has 2 N–H and O–H groups in total. The Hall–Kier alpha value is -0.890. The number of sulfonamides is 1. The summed E-state index contributed by atoms with van der Waals surface area (Å²) in [5, 5.41) is 9.11. The molecule has 2 saturated heterocycles. The summed E-state index contributed by atoms with van der Waals surface area (Å²) in [5.41, 5.74) is 0.574. The summed E-state index contributed by atoms with van der Waals surface area (Å²) in [6.45, 7) is -0.177. The average molecular weight is 286 g/mol. The highest BCUT2D eigenvalue weighted by molar-refractivity contribution is 7.89. The van der Waals surface area contributed by atoms with Crippen molar-refractivity contribution in [3.05, 3.63) is 18.0 Å². The molecule has 0 aromatic carbocycles. The number of aliphatic hydroxyl groups is 1. The molecule has 2 aliphatic heterocycles. The molecule has 7 heteroatoms. The maximum Gasteiger partial charge on any atom is 0.242 e. The third-order valence-electron chi connectivity index (χ3n) is 3.97. The first-order valence-corrected chi connectivity index (χ1v) is 7.92. The van der Waals surface area contributed by atoms with Crippen LogP contribution in [0.1, 0.15) is 25.0 Å². The number of rotatable bonds is 4. The Morgan fingerprint density at radius 3 is 2.84 bits per heavy atom. The summed E-state index contributed by atoms with van der Waals surface area (Å²) >= 11 is 0. The van der Waals surface area contributed by atoms with Crippen molar-refractivity contribution in [1.29, 1.82) is 0 Å². The molecule has 1 aromatic rings. The van der Waals surface area contributed by atoms with Crippen LogP contribution >= 0.6 is 0 Å². The molecule has 1 aromatic heterocycles. The van der Waals surface area contributed by atoms with Gasteiger partial charge >= 0.3 is 0 Å². The van der Waals surface area contributed by atoms with Gasteiger partial charge in [-0.3, -0.25) is 0 Å². The van der Waals surface area contributed by atoms with E-state index in [0.29, 0.717) is 5.69 Å². The van der Waals surface area contributed by atoms with Crippen molar-refractivity contribution < 1.29 is 18.3 Å². The van der Waals surface area contributed by atoms with Crippen molar-refractivity contribution in [2.75, 3.05) is 0 Å². The van der Waals surface area contributed by atoms with E-state index in [4.69, 9.17) is 9.84 Å². The second-order valence-corrected chi connectivity index (χ2v) is 6.99. The first-order valence-electron chi connectivity index (χ1n) is 6.43. The summed E-state index contributed by atoms with van der Waals surface area (Å²) in [6, 6.07) is 1.37. The first-order chi connectivity index (χ1) is 8.99. The van der Waals surface area contributed by atoms with Gasteiger partial charge in [-0.15, -0.1) is 0 Å². The van der Waals surface area contributed by atoms with E-state index in [9.17, 15) is 8.42 Å². The van der Waals surface area contributed by atoms with Crippen molar-refractivity contribution in [3.8, 4) is 0 Å². The SMILES string of the molecule is Cn1cc(S(=O)(=O)NC2CC3CCC2O3)cc1CO. The van der Waals surface area contributed by atoms with E-state index in [1.54, 1.807) is 11.6 Å². The lowest BCUT2D eigenvalue weighted by Gasteiger charge is -2.19. The number of aryl methyl sites for hydroxylation is 1. The Morgan fingerprint density at radius 1 is 1.53 bits per heavy atom. The highest BCUT2D eigenvalue weighted by atomic mass is 32.2. The highest BCUT2D eigenvalue weighted by Gasteiger charge is 2.42. The van der Waals surface area contributed by atoms with E-state index >= 15 is 0 Å². The Morgan fingerprint density at radius 2 is 2.32 bits per heavy atom. The minimum Gasteiger partial charge on any atom is -0.390 e. The Bertz CT molecular complexity index is 581. The Balaban J connectivity index is 1.78. The fourth-order valence-corrected chi connectivity index (χ4v) is 4.28. The number of nitrogens with one attached hydrogen (secondary N) is 1. The number of ether oxygens (including phenoxy) is 1.